The molecule has 1 aromatic carbocycles. The van der Waals surface area contributed by atoms with E-state index in [4.69, 9.17) is 27.9 Å². The number of piperidine rings is 1. The molecule has 1 saturated carbocycles. The zero-order valence-electron chi connectivity index (χ0n) is 16.6. The number of rotatable bonds is 8. The summed E-state index contributed by atoms with van der Waals surface area (Å²) in [5, 5.41) is 4.29. The SMILES string of the molecule is CC/C(=N/NC(=O)[C@]1(C)CC1(Cl)Cl)c1ccc(OCCN2CCCCC2)cc1. The van der Waals surface area contributed by atoms with Crippen molar-refractivity contribution in [3.8, 4) is 5.75 Å². The van der Waals surface area contributed by atoms with Gasteiger partial charge in [-0.15, -0.1) is 23.2 Å². The normalized spacial score (nSPS) is 24.6. The van der Waals surface area contributed by atoms with Crippen LogP contribution in [0.15, 0.2) is 29.4 Å². The summed E-state index contributed by atoms with van der Waals surface area (Å²) in [6, 6.07) is 7.83. The number of nitrogens with zero attached hydrogens (tertiary/aromatic N) is 2. The summed E-state index contributed by atoms with van der Waals surface area (Å²) in [5.74, 6) is 0.598. The lowest BCUT2D eigenvalue weighted by Crippen LogP contribution is -2.33. The highest BCUT2D eigenvalue weighted by atomic mass is 35.5. The number of alkyl halides is 2. The van der Waals surface area contributed by atoms with Gasteiger partial charge in [-0.1, -0.05) is 13.3 Å². The fourth-order valence-electron chi connectivity index (χ4n) is 3.45. The van der Waals surface area contributed by atoms with Crippen LogP contribution in [-0.2, 0) is 4.79 Å². The van der Waals surface area contributed by atoms with E-state index >= 15 is 0 Å². The minimum atomic E-state index is -0.994. The van der Waals surface area contributed by atoms with Crippen LogP contribution in [-0.4, -0.2) is 47.1 Å². The Morgan fingerprint density at radius 3 is 2.43 bits per heavy atom. The summed E-state index contributed by atoms with van der Waals surface area (Å²) in [4.78, 5) is 14.7. The molecule has 1 saturated heterocycles. The molecule has 0 bridgehead atoms. The van der Waals surface area contributed by atoms with Gasteiger partial charge in [-0.05, 0) is 75.5 Å². The molecule has 1 heterocycles. The van der Waals surface area contributed by atoms with Crippen molar-refractivity contribution in [1.29, 1.82) is 0 Å². The summed E-state index contributed by atoms with van der Waals surface area (Å²) in [5.41, 5.74) is 3.60. The molecule has 2 aliphatic rings. The molecule has 0 radical (unpaired) electrons. The Hall–Kier alpha value is -1.30. The highest BCUT2D eigenvalue weighted by Crippen LogP contribution is 2.63. The van der Waals surface area contributed by atoms with E-state index in [0.717, 1.165) is 23.6 Å². The number of hydrogen-bond donors (Lipinski definition) is 1. The van der Waals surface area contributed by atoms with Crippen molar-refractivity contribution < 1.29 is 9.53 Å². The van der Waals surface area contributed by atoms with Gasteiger partial charge in [0.05, 0.1) is 11.1 Å². The fraction of sp³-hybridized carbons (Fsp3) is 0.619. The van der Waals surface area contributed by atoms with Gasteiger partial charge in [0.15, 0.2) is 0 Å². The molecule has 1 atom stereocenters. The lowest BCUT2D eigenvalue weighted by Gasteiger charge is -2.26. The van der Waals surface area contributed by atoms with Crippen LogP contribution >= 0.6 is 23.2 Å². The second kappa shape index (κ2) is 9.02. The molecule has 0 unspecified atom stereocenters. The molecule has 7 heteroatoms. The number of carbonyl (C=O) groups is 1. The van der Waals surface area contributed by atoms with Crippen LogP contribution in [0, 0.1) is 5.41 Å². The van der Waals surface area contributed by atoms with Gasteiger partial charge in [0.25, 0.3) is 0 Å². The van der Waals surface area contributed by atoms with Crippen molar-refractivity contribution in [1.82, 2.24) is 10.3 Å². The number of carbonyl (C=O) groups excluding carboxylic acids is 1. The maximum atomic E-state index is 12.3. The van der Waals surface area contributed by atoms with Crippen molar-refractivity contribution in [2.24, 2.45) is 10.5 Å². The minimum absolute atomic E-state index is 0.249. The highest BCUT2D eigenvalue weighted by Gasteiger charge is 2.68. The molecule has 28 heavy (non-hydrogen) atoms. The van der Waals surface area contributed by atoms with Crippen LogP contribution < -0.4 is 10.2 Å². The number of likely N-dealkylation sites (tertiary alicyclic amines) is 1. The molecule has 0 aromatic heterocycles. The van der Waals surface area contributed by atoms with E-state index in [9.17, 15) is 4.79 Å². The third-order valence-corrected chi connectivity index (χ3v) is 6.80. The Balaban J connectivity index is 1.51. The number of nitrogens with one attached hydrogen (secondary N) is 1. The third-order valence-electron chi connectivity index (χ3n) is 5.70. The fourth-order valence-corrected chi connectivity index (χ4v) is 4.16. The van der Waals surface area contributed by atoms with Gasteiger partial charge in [-0.2, -0.15) is 5.10 Å². The molecule has 1 aliphatic heterocycles. The molecule has 154 valence electrons. The maximum absolute atomic E-state index is 12.3. The minimum Gasteiger partial charge on any atom is -0.492 e. The van der Waals surface area contributed by atoms with Crippen molar-refractivity contribution >= 4 is 34.8 Å². The Bertz CT molecular complexity index is 715. The van der Waals surface area contributed by atoms with Crippen molar-refractivity contribution in [3.05, 3.63) is 29.8 Å². The number of ether oxygens (including phenoxy) is 1. The summed E-state index contributed by atoms with van der Waals surface area (Å²) in [6.07, 6.45) is 5.06. The highest BCUT2D eigenvalue weighted by molar-refractivity contribution is 6.53. The first-order valence-corrected chi connectivity index (χ1v) is 10.8. The first-order valence-electron chi connectivity index (χ1n) is 10.1. The van der Waals surface area contributed by atoms with Crippen LogP contribution in [0.25, 0.3) is 0 Å². The van der Waals surface area contributed by atoms with Crippen LogP contribution in [0.5, 0.6) is 5.75 Å². The monoisotopic (exact) mass is 425 g/mol. The van der Waals surface area contributed by atoms with Crippen LogP contribution in [0.3, 0.4) is 0 Å². The number of halogens is 2. The van der Waals surface area contributed by atoms with Crippen LogP contribution in [0.1, 0.15) is 51.5 Å². The van der Waals surface area contributed by atoms with E-state index in [0.29, 0.717) is 19.4 Å². The first kappa shape index (κ1) is 21.4. The predicted octanol–water partition coefficient (Wildman–Crippen LogP) is 4.37. The molecule has 1 aliphatic carbocycles. The second-order valence-corrected chi connectivity index (χ2v) is 9.33. The van der Waals surface area contributed by atoms with Crippen molar-refractivity contribution in [3.63, 3.8) is 0 Å². The molecular formula is C21H29Cl2N3O2. The van der Waals surface area contributed by atoms with Crippen LogP contribution in [0.4, 0.5) is 0 Å². The average molecular weight is 426 g/mol. The lowest BCUT2D eigenvalue weighted by atomic mass is 10.1. The Morgan fingerprint density at radius 2 is 1.86 bits per heavy atom. The topological polar surface area (TPSA) is 53.9 Å². The Kier molecular flexibility index (Phi) is 6.89. The smallest absolute Gasteiger partial charge is 0.249 e. The molecule has 3 rings (SSSR count). The third kappa shape index (κ3) is 5.00. The Morgan fingerprint density at radius 1 is 1.21 bits per heavy atom. The molecule has 0 spiro atoms. The summed E-state index contributed by atoms with van der Waals surface area (Å²) in [6.45, 7) is 7.77. The van der Waals surface area contributed by atoms with E-state index in [1.807, 2.05) is 31.2 Å². The average Bonchev–Trinajstić information content (AvgIpc) is 3.23. The summed E-state index contributed by atoms with van der Waals surface area (Å²) < 4.78 is 4.88. The van der Waals surface area contributed by atoms with E-state index in [1.54, 1.807) is 6.92 Å². The molecule has 1 N–H and O–H groups in total. The zero-order chi connectivity index (χ0) is 20.2. The maximum Gasteiger partial charge on any atom is 0.249 e. The number of hydrazone groups is 1. The van der Waals surface area contributed by atoms with E-state index in [-0.39, 0.29) is 5.91 Å². The van der Waals surface area contributed by atoms with Gasteiger partial charge in [0, 0.05) is 6.54 Å². The van der Waals surface area contributed by atoms with Crippen molar-refractivity contribution in [2.75, 3.05) is 26.2 Å². The number of benzene rings is 1. The predicted molar refractivity (Wildman–Crippen MR) is 114 cm³/mol. The molecule has 5 nitrogen and oxygen atoms in total. The van der Waals surface area contributed by atoms with Gasteiger partial charge in [-0.25, -0.2) is 5.43 Å². The lowest BCUT2D eigenvalue weighted by molar-refractivity contribution is -0.125. The van der Waals surface area contributed by atoms with Crippen LogP contribution in [0.2, 0.25) is 0 Å². The molecular weight excluding hydrogens is 397 g/mol. The van der Waals surface area contributed by atoms with E-state index in [2.05, 4.69) is 15.4 Å². The van der Waals surface area contributed by atoms with Gasteiger partial charge >= 0.3 is 0 Å². The standard InChI is InChI=1S/C21H29Cl2N3O2/c1-3-18(24-25-19(27)20(2)15-21(20,22)23)16-7-9-17(10-8-16)28-14-13-26-11-5-4-6-12-26/h7-10H,3-6,11-15H2,1-2H3,(H,25,27)/b24-18-/t20-/m0/s1. The summed E-state index contributed by atoms with van der Waals surface area (Å²) in [7, 11) is 0. The quantitative estimate of drug-likeness (QED) is 0.382. The Labute approximate surface area is 177 Å². The van der Waals surface area contributed by atoms with E-state index < -0.39 is 9.75 Å². The number of amides is 1. The zero-order valence-corrected chi connectivity index (χ0v) is 18.2. The van der Waals surface area contributed by atoms with Gasteiger partial charge in [0.1, 0.15) is 16.7 Å². The number of hydrogen-bond acceptors (Lipinski definition) is 4. The molecule has 2 fully saturated rings. The van der Waals surface area contributed by atoms with Crippen molar-refractivity contribution in [2.45, 2.75) is 50.3 Å². The molecule has 1 amide bonds. The van der Waals surface area contributed by atoms with Gasteiger partial charge in [0.2, 0.25) is 5.91 Å². The summed E-state index contributed by atoms with van der Waals surface area (Å²) >= 11 is 12.1. The molecule has 1 aromatic rings. The first-order chi connectivity index (χ1) is 13.4. The van der Waals surface area contributed by atoms with Gasteiger partial charge in [-0.3, -0.25) is 9.69 Å². The van der Waals surface area contributed by atoms with E-state index in [1.165, 1.54) is 32.4 Å². The van der Waals surface area contributed by atoms with Gasteiger partial charge < -0.3 is 4.74 Å². The second-order valence-electron chi connectivity index (χ2n) is 7.84. The largest absolute Gasteiger partial charge is 0.492 e.